The molecular formula is C28H34N4O5. The summed E-state index contributed by atoms with van der Waals surface area (Å²) in [5.74, 6) is 0.324. The van der Waals surface area contributed by atoms with Gasteiger partial charge in [0.1, 0.15) is 5.75 Å². The van der Waals surface area contributed by atoms with E-state index in [9.17, 15) is 19.2 Å². The van der Waals surface area contributed by atoms with Crippen molar-refractivity contribution in [2.75, 3.05) is 37.7 Å². The van der Waals surface area contributed by atoms with Gasteiger partial charge >= 0.3 is 0 Å². The number of aryl methyl sites for hydroxylation is 1. The van der Waals surface area contributed by atoms with Crippen LogP contribution >= 0.6 is 0 Å². The molecular weight excluding hydrogens is 472 g/mol. The maximum absolute atomic E-state index is 13.1. The Kier molecular flexibility index (Phi) is 8.77. The Morgan fingerprint density at radius 3 is 2.43 bits per heavy atom. The third-order valence-corrected chi connectivity index (χ3v) is 6.76. The first-order chi connectivity index (χ1) is 17.9. The number of fused-ring (bicyclic) bond motifs is 1. The SMILES string of the molecule is CC(=O)NCC(=O)NCCCOc1ccc(C(=O)N2CCC(N3C(=O)CCc4ccccc43)CC2)cc1. The van der Waals surface area contributed by atoms with Gasteiger partial charge in [0.25, 0.3) is 5.91 Å². The van der Waals surface area contributed by atoms with E-state index in [0.29, 0.717) is 50.4 Å². The number of benzene rings is 2. The van der Waals surface area contributed by atoms with E-state index >= 15 is 0 Å². The first kappa shape index (κ1) is 26.2. The molecule has 0 spiro atoms. The quantitative estimate of drug-likeness (QED) is 0.508. The second kappa shape index (κ2) is 12.4. The fourth-order valence-electron chi connectivity index (χ4n) is 4.81. The number of carbonyl (C=O) groups excluding carboxylic acids is 4. The largest absolute Gasteiger partial charge is 0.494 e. The second-order valence-corrected chi connectivity index (χ2v) is 9.40. The molecule has 2 N–H and O–H groups in total. The van der Waals surface area contributed by atoms with Crippen LogP contribution in [0.4, 0.5) is 5.69 Å². The van der Waals surface area contributed by atoms with Gasteiger partial charge in [-0.1, -0.05) is 18.2 Å². The number of para-hydroxylation sites is 1. The molecule has 2 heterocycles. The van der Waals surface area contributed by atoms with Gasteiger partial charge < -0.3 is 25.2 Å². The van der Waals surface area contributed by atoms with E-state index in [0.717, 1.165) is 24.9 Å². The highest BCUT2D eigenvalue weighted by Crippen LogP contribution is 2.32. The smallest absolute Gasteiger partial charge is 0.253 e. The van der Waals surface area contributed by atoms with Gasteiger partial charge in [0.2, 0.25) is 17.7 Å². The van der Waals surface area contributed by atoms with Crippen LogP contribution in [-0.4, -0.2) is 67.4 Å². The Morgan fingerprint density at radius 2 is 1.70 bits per heavy atom. The van der Waals surface area contributed by atoms with Gasteiger partial charge in [-0.25, -0.2) is 0 Å². The predicted octanol–water partition coefficient (Wildman–Crippen LogP) is 2.29. The fraction of sp³-hybridized carbons (Fsp3) is 0.429. The molecule has 2 aromatic rings. The van der Waals surface area contributed by atoms with E-state index in [-0.39, 0.29) is 36.2 Å². The number of nitrogens with one attached hydrogen (secondary N) is 2. The van der Waals surface area contributed by atoms with Crippen molar-refractivity contribution >= 4 is 29.3 Å². The third-order valence-electron chi connectivity index (χ3n) is 6.76. The highest BCUT2D eigenvalue weighted by atomic mass is 16.5. The summed E-state index contributed by atoms with van der Waals surface area (Å²) in [6, 6.07) is 15.3. The number of carbonyl (C=O) groups is 4. The van der Waals surface area contributed by atoms with Crippen molar-refractivity contribution in [2.24, 2.45) is 0 Å². The lowest BCUT2D eigenvalue weighted by Gasteiger charge is -2.41. The maximum atomic E-state index is 13.1. The number of nitrogens with zero attached hydrogens (tertiary/aromatic N) is 2. The highest BCUT2D eigenvalue weighted by molar-refractivity contribution is 5.97. The van der Waals surface area contributed by atoms with Gasteiger partial charge in [0, 0.05) is 50.3 Å². The van der Waals surface area contributed by atoms with E-state index in [1.54, 1.807) is 24.3 Å². The molecule has 9 heteroatoms. The summed E-state index contributed by atoms with van der Waals surface area (Å²) in [5.41, 5.74) is 2.84. The summed E-state index contributed by atoms with van der Waals surface area (Å²) >= 11 is 0. The Balaban J connectivity index is 1.21. The lowest BCUT2D eigenvalue weighted by Crippen LogP contribution is -2.50. The molecule has 37 heavy (non-hydrogen) atoms. The van der Waals surface area contributed by atoms with E-state index in [4.69, 9.17) is 4.74 Å². The number of hydrogen-bond acceptors (Lipinski definition) is 5. The highest BCUT2D eigenvalue weighted by Gasteiger charge is 2.33. The molecule has 2 aliphatic heterocycles. The first-order valence-corrected chi connectivity index (χ1v) is 12.9. The van der Waals surface area contributed by atoms with Crippen LogP contribution in [0.15, 0.2) is 48.5 Å². The molecule has 9 nitrogen and oxygen atoms in total. The zero-order chi connectivity index (χ0) is 26.2. The molecule has 0 aliphatic carbocycles. The third kappa shape index (κ3) is 6.87. The number of amides is 4. The van der Waals surface area contributed by atoms with Crippen LogP contribution in [0.25, 0.3) is 0 Å². The van der Waals surface area contributed by atoms with Crippen LogP contribution in [0.1, 0.15) is 48.5 Å². The molecule has 2 aromatic carbocycles. The number of likely N-dealkylation sites (tertiary alicyclic amines) is 1. The Bertz CT molecular complexity index is 1130. The second-order valence-electron chi connectivity index (χ2n) is 9.40. The summed E-state index contributed by atoms with van der Waals surface area (Å²) in [6.45, 7) is 3.41. The van der Waals surface area contributed by atoms with Crippen molar-refractivity contribution in [1.29, 1.82) is 0 Å². The minimum atomic E-state index is -0.245. The van der Waals surface area contributed by atoms with Crippen molar-refractivity contribution in [2.45, 2.75) is 45.1 Å². The predicted molar refractivity (Wildman–Crippen MR) is 139 cm³/mol. The van der Waals surface area contributed by atoms with Crippen molar-refractivity contribution in [3.8, 4) is 5.75 Å². The lowest BCUT2D eigenvalue weighted by molar-refractivity contribution is -0.125. The number of piperidine rings is 1. The average Bonchev–Trinajstić information content (AvgIpc) is 2.92. The standard InChI is InChI=1S/C28H34N4O5/c1-20(33)30-19-26(34)29-15-4-18-37-24-10-7-22(8-11-24)28(36)31-16-13-23(14-17-31)32-25-6-3-2-5-21(25)9-12-27(32)35/h2-3,5-8,10-11,23H,4,9,12-19H2,1H3,(H,29,34)(H,30,33). The number of ether oxygens (including phenoxy) is 1. The number of hydrogen-bond donors (Lipinski definition) is 2. The van der Waals surface area contributed by atoms with Crippen LogP contribution in [-0.2, 0) is 20.8 Å². The van der Waals surface area contributed by atoms with Gasteiger partial charge in [-0.2, -0.15) is 0 Å². The van der Waals surface area contributed by atoms with Crippen LogP contribution in [0, 0.1) is 0 Å². The van der Waals surface area contributed by atoms with E-state index < -0.39 is 0 Å². The normalized spacial score (nSPS) is 15.6. The van der Waals surface area contributed by atoms with E-state index in [1.165, 1.54) is 12.5 Å². The molecule has 0 unspecified atom stereocenters. The van der Waals surface area contributed by atoms with Crippen LogP contribution < -0.4 is 20.3 Å². The molecule has 4 amide bonds. The minimum Gasteiger partial charge on any atom is -0.494 e. The molecule has 0 aromatic heterocycles. The molecule has 0 atom stereocenters. The zero-order valence-corrected chi connectivity index (χ0v) is 21.2. The van der Waals surface area contributed by atoms with Gasteiger partial charge in [0.05, 0.1) is 13.2 Å². The van der Waals surface area contributed by atoms with Gasteiger partial charge in [-0.15, -0.1) is 0 Å². The van der Waals surface area contributed by atoms with Gasteiger partial charge in [-0.05, 0) is 61.6 Å². The Hall–Kier alpha value is -3.88. The number of anilines is 1. The van der Waals surface area contributed by atoms with Crippen LogP contribution in [0.3, 0.4) is 0 Å². The summed E-state index contributed by atoms with van der Waals surface area (Å²) in [6.07, 6.45) is 3.46. The van der Waals surface area contributed by atoms with Crippen LogP contribution in [0.5, 0.6) is 5.75 Å². The molecule has 0 bridgehead atoms. The monoisotopic (exact) mass is 506 g/mol. The molecule has 2 aliphatic rings. The van der Waals surface area contributed by atoms with E-state index in [2.05, 4.69) is 16.7 Å². The Labute approximate surface area is 217 Å². The average molecular weight is 507 g/mol. The number of rotatable bonds is 9. The zero-order valence-electron chi connectivity index (χ0n) is 21.2. The van der Waals surface area contributed by atoms with Crippen LogP contribution in [0.2, 0.25) is 0 Å². The summed E-state index contributed by atoms with van der Waals surface area (Å²) in [5, 5.41) is 5.15. The van der Waals surface area contributed by atoms with Crippen molar-refractivity contribution in [3.05, 3.63) is 59.7 Å². The summed E-state index contributed by atoms with van der Waals surface area (Å²) < 4.78 is 5.70. The van der Waals surface area contributed by atoms with Crippen molar-refractivity contribution in [3.63, 3.8) is 0 Å². The molecule has 1 fully saturated rings. The minimum absolute atomic E-state index is 0.0164. The summed E-state index contributed by atoms with van der Waals surface area (Å²) in [4.78, 5) is 52.0. The Morgan fingerprint density at radius 1 is 0.973 bits per heavy atom. The van der Waals surface area contributed by atoms with Gasteiger partial charge in [0.15, 0.2) is 0 Å². The van der Waals surface area contributed by atoms with Crippen molar-refractivity contribution < 1.29 is 23.9 Å². The van der Waals surface area contributed by atoms with Gasteiger partial charge in [-0.3, -0.25) is 19.2 Å². The first-order valence-electron chi connectivity index (χ1n) is 12.9. The molecule has 1 saturated heterocycles. The van der Waals surface area contributed by atoms with E-state index in [1.807, 2.05) is 28.0 Å². The molecule has 0 saturated carbocycles. The molecule has 0 radical (unpaired) electrons. The molecule has 4 rings (SSSR count). The summed E-state index contributed by atoms with van der Waals surface area (Å²) in [7, 11) is 0. The fourth-order valence-corrected chi connectivity index (χ4v) is 4.81. The molecule has 196 valence electrons. The lowest BCUT2D eigenvalue weighted by atomic mass is 9.95. The maximum Gasteiger partial charge on any atom is 0.253 e. The topological polar surface area (TPSA) is 108 Å². The van der Waals surface area contributed by atoms with Crippen molar-refractivity contribution in [1.82, 2.24) is 15.5 Å².